The van der Waals surface area contributed by atoms with Gasteiger partial charge in [0.1, 0.15) is 0 Å². The van der Waals surface area contributed by atoms with Crippen molar-refractivity contribution in [3.05, 3.63) is 58.1 Å². The zero-order chi connectivity index (χ0) is 13.8. The minimum atomic E-state index is 0.196. The second kappa shape index (κ2) is 6.60. The molecular formula is C16H18BrNS. The summed E-state index contributed by atoms with van der Waals surface area (Å²) in [5, 5.41) is 0. The third-order valence-electron chi connectivity index (χ3n) is 2.77. The van der Waals surface area contributed by atoms with E-state index in [-0.39, 0.29) is 6.04 Å². The summed E-state index contributed by atoms with van der Waals surface area (Å²) in [5.41, 5.74) is 8.39. The Morgan fingerprint density at radius 2 is 2.00 bits per heavy atom. The van der Waals surface area contributed by atoms with Crippen molar-refractivity contribution >= 4 is 27.7 Å². The molecule has 1 nitrogen and oxygen atoms in total. The fourth-order valence-electron chi connectivity index (χ4n) is 1.93. The van der Waals surface area contributed by atoms with Crippen LogP contribution in [0.5, 0.6) is 0 Å². The summed E-state index contributed by atoms with van der Waals surface area (Å²) in [7, 11) is 0. The Labute approximate surface area is 127 Å². The van der Waals surface area contributed by atoms with E-state index >= 15 is 0 Å². The van der Waals surface area contributed by atoms with Crippen LogP contribution in [-0.4, -0.2) is 6.04 Å². The normalized spacial score (nSPS) is 12.4. The monoisotopic (exact) mass is 335 g/mol. The van der Waals surface area contributed by atoms with Crippen LogP contribution in [0.2, 0.25) is 0 Å². The van der Waals surface area contributed by atoms with E-state index in [4.69, 9.17) is 5.73 Å². The van der Waals surface area contributed by atoms with Crippen LogP contribution in [0.25, 0.3) is 0 Å². The molecule has 0 fully saturated rings. The quantitative estimate of drug-likeness (QED) is 0.868. The molecule has 0 bridgehead atoms. The van der Waals surface area contributed by atoms with Gasteiger partial charge in [-0.25, -0.2) is 0 Å². The first-order valence-corrected chi connectivity index (χ1v) is 7.94. The van der Waals surface area contributed by atoms with Gasteiger partial charge in [0.2, 0.25) is 0 Å². The molecule has 2 rings (SSSR count). The van der Waals surface area contributed by atoms with Crippen LogP contribution >= 0.6 is 27.7 Å². The number of rotatable bonds is 4. The smallest absolute Gasteiger partial charge is 0.0317 e. The van der Waals surface area contributed by atoms with Crippen molar-refractivity contribution in [3.63, 3.8) is 0 Å². The second-order valence-corrected chi connectivity index (χ2v) is 6.83. The van der Waals surface area contributed by atoms with Gasteiger partial charge in [0.05, 0.1) is 0 Å². The van der Waals surface area contributed by atoms with Gasteiger partial charge in [-0.1, -0.05) is 35.5 Å². The Morgan fingerprint density at radius 1 is 1.21 bits per heavy atom. The van der Waals surface area contributed by atoms with Crippen molar-refractivity contribution in [2.45, 2.75) is 36.1 Å². The molecular weight excluding hydrogens is 318 g/mol. The molecule has 1 atom stereocenters. The van der Waals surface area contributed by atoms with Crippen molar-refractivity contribution in [1.82, 2.24) is 0 Å². The van der Waals surface area contributed by atoms with Gasteiger partial charge in [0, 0.05) is 20.3 Å². The van der Waals surface area contributed by atoms with Crippen molar-refractivity contribution in [1.29, 1.82) is 0 Å². The molecule has 0 amide bonds. The minimum Gasteiger partial charge on any atom is -0.328 e. The highest BCUT2D eigenvalue weighted by atomic mass is 79.9. The van der Waals surface area contributed by atoms with Gasteiger partial charge in [-0.3, -0.25) is 0 Å². The molecule has 0 heterocycles. The first-order valence-electron chi connectivity index (χ1n) is 6.33. The Bertz CT molecular complexity index is 566. The van der Waals surface area contributed by atoms with Crippen LogP contribution in [0.1, 0.15) is 18.1 Å². The van der Waals surface area contributed by atoms with E-state index in [1.165, 1.54) is 20.9 Å². The molecule has 0 radical (unpaired) electrons. The largest absolute Gasteiger partial charge is 0.328 e. The molecule has 0 aliphatic rings. The molecule has 2 aromatic carbocycles. The maximum atomic E-state index is 5.83. The van der Waals surface area contributed by atoms with Crippen LogP contribution in [-0.2, 0) is 6.42 Å². The summed E-state index contributed by atoms with van der Waals surface area (Å²) >= 11 is 5.43. The summed E-state index contributed by atoms with van der Waals surface area (Å²) < 4.78 is 1.14. The third kappa shape index (κ3) is 4.37. The van der Waals surface area contributed by atoms with Gasteiger partial charge >= 0.3 is 0 Å². The van der Waals surface area contributed by atoms with E-state index < -0.39 is 0 Å². The zero-order valence-corrected chi connectivity index (χ0v) is 13.6. The van der Waals surface area contributed by atoms with Crippen LogP contribution in [0, 0.1) is 6.92 Å². The lowest BCUT2D eigenvalue weighted by Crippen LogP contribution is -2.17. The van der Waals surface area contributed by atoms with Gasteiger partial charge in [-0.15, -0.1) is 0 Å². The van der Waals surface area contributed by atoms with Gasteiger partial charge in [0.15, 0.2) is 0 Å². The number of aryl methyl sites for hydroxylation is 1. The molecule has 0 aliphatic carbocycles. The predicted octanol–water partition coefficient (Wildman–Crippen LogP) is 4.80. The third-order valence-corrected chi connectivity index (χ3v) is 4.76. The van der Waals surface area contributed by atoms with Crippen molar-refractivity contribution in [3.8, 4) is 0 Å². The Kier molecular flexibility index (Phi) is 5.08. The molecule has 0 saturated carbocycles. The van der Waals surface area contributed by atoms with Gasteiger partial charge < -0.3 is 5.73 Å². The Hall–Kier alpha value is -0.770. The highest BCUT2D eigenvalue weighted by Gasteiger charge is 2.05. The van der Waals surface area contributed by atoms with Gasteiger partial charge in [-0.2, -0.15) is 0 Å². The number of benzene rings is 2. The molecule has 2 aromatic rings. The van der Waals surface area contributed by atoms with Crippen molar-refractivity contribution in [2.75, 3.05) is 0 Å². The highest BCUT2D eigenvalue weighted by molar-refractivity contribution is 9.10. The van der Waals surface area contributed by atoms with Crippen LogP contribution in [0.4, 0.5) is 0 Å². The summed E-state index contributed by atoms with van der Waals surface area (Å²) in [6, 6.07) is 15.2. The van der Waals surface area contributed by atoms with E-state index in [2.05, 4.69) is 65.3 Å². The Balaban J connectivity index is 2.17. The minimum absolute atomic E-state index is 0.196. The summed E-state index contributed by atoms with van der Waals surface area (Å²) in [6.45, 7) is 4.15. The average Bonchev–Trinajstić information content (AvgIpc) is 2.32. The predicted molar refractivity (Wildman–Crippen MR) is 86.8 cm³/mol. The number of nitrogens with two attached hydrogens (primary N) is 1. The zero-order valence-electron chi connectivity index (χ0n) is 11.2. The summed E-state index contributed by atoms with van der Waals surface area (Å²) in [6.07, 6.45) is 0.911. The standard InChI is InChI=1S/C16H18BrNS/c1-11-4-3-5-14(8-11)19-16-7-6-13(9-12(2)18)10-15(16)17/h3-8,10,12H,9,18H2,1-2H3. The van der Waals surface area contributed by atoms with E-state index in [1.54, 1.807) is 11.8 Å². The average molecular weight is 336 g/mol. The fourth-order valence-corrected chi connectivity index (χ4v) is 3.54. The lowest BCUT2D eigenvalue weighted by molar-refractivity contribution is 0.737. The molecule has 1 unspecified atom stereocenters. The lowest BCUT2D eigenvalue weighted by atomic mass is 10.1. The van der Waals surface area contributed by atoms with Crippen LogP contribution in [0.15, 0.2) is 56.7 Å². The summed E-state index contributed by atoms with van der Waals surface area (Å²) in [5.74, 6) is 0. The van der Waals surface area contributed by atoms with Crippen LogP contribution in [0.3, 0.4) is 0 Å². The van der Waals surface area contributed by atoms with E-state index in [1.807, 2.05) is 6.92 Å². The SMILES string of the molecule is Cc1cccc(Sc2ccc(CC(C)N)cc2Br)c1. The van der Waals surface area contributed by atoms with E-state index in [0.29, 0.717) is 0 Å². The Morgan fingerprint density at radius 3 is 2.63 bits per heavy atom. The first kappa shape index (κ1) is 14.6. The molecule has 100 valence electrons. The van der Waals surface area contributed by atoms with Crippen molar-refractivity contribution in [2.24, 2.45) is 5.73 Å². The molecule has 3 heteroatoms. The van der Waals surface area contributed by atoms with Gasteiger partial charge in [-0.05, 0) is 66.0 Å². The fraction of sp³-hybridized carbons (Fsp3) is 0.250. The summed E-state index contributed by atoms with van der Waals surface area (Å²) in [4.78, 5) is 2.50. The molecule has 0 saturated heterocycles. The number of hydrogen-bond donors (Lipinski definition) is 1. The molecule has 0 aromatic heterocycles. The maximum absolute atomic E-state index is 5.83. The topological polar surface area (TPSA) is 26.0 Å². The van der Waals surface area contributed by atoms with Gasteiger partial charge in [0.25, 0.3) is 0 Å². The van der Waals surface area contributed by atoms with Crippen molar-refractivity contribution < 1.29 is 0 Å². The number of halogens is 1. The lowest BCUT2D eigenvalue weighted by Gasteiger charge is -2.09. The molecule has 0 spiro atoms. The molecule has 2 N–H and O–H groups in total. The molecule has 19 heavy (non-hydrogen) atoms. The number of hydrogen-bond acceptors (Lipinski definition) is 2. The molecule has 0 aliphatic heterocycles. The van der Waals surface area contributed by atoms with Crippen LogP contribution < -0.4 is 5.73 Å². The maximum Gasteiger partial charge on any atom is 0.0317 e. The second-order valence-electron chi connectivity index (χ2n) is 4.86. The highest BCUT2D eigenvalue weighted by Crippen LogP contribution is 2.34. The van der Waals surface area contributed by atoms with E-state index in [0.717, 1.165) is 10.9 Å². The first-order chi connectivity index (χ1) is 9.04. The van der Waals surface area contributed by atoms with E-state index in [9.17, 15) is 0 Å².